The molecule has 6 aromatic carbocycles. The predicted molar refractivity (Wildman–Crippen MR) is 229 cm³/mol. The monoisotopic (exact) mass is 949 g/mol. The smallest absolute Gasteiger partial charge is 0.133 e. The van der Waals surface area contributed by atoms with Crippen LogP contribution in [0.2, 0.25) is 19.6 Å². The van der Waals surface area contributed by atoms with Crippen molar-refractivity contribution < 1.29 is 30.3 Å². The van der Waals surface area contributed by atoms with Crippen LogP contribution in [0.25, 0.3) is 70.7 Å². The summed E-state index contributed by atoms with van der Waals surface area (Å²) in [5.41, 5.74) is 7.34. The third kappa shape index (κ3) is 7.55. The molecule has 3 aromatic heterocycles. The average Bonchev–Trinajstić information content (AvgIpc) is 3.76. The number of imidazole rings is 1. The van der Waals surface area contributed by atoms with Crippen molar-refractivity contribution in [2.75, 3.05) is 0 Å². The zero-order chi connectivity index (χ0) is 39.2. The minimum Gasteiger partial charge on any atom is -0.333 e. The van der Waals surface area contributed by atoms with Crippen LogP contribution in [0.15, 0.2) is 140 Å². The van der Waals surface area contributed by atoms with Crippen molar-refractivity contribution in [1.82, 2.24) is 14.5 Å². The van der Waals surface area contributed by atoms with Gasteiger partial charge in [-0.2, -0.15) is 11.3 Å². The van der Waals surface area contributed by atoms with Crippen molar-refractivity contribution in [2.45, 2.75) is 39.4 Å². The Kier molecular flexibility index (Phi) is 10.9. The van der Waals surface area contributed by atoms with E-state index in [-0.39, 0.29) is 25.7 Å². The van der Waals surface area contributed by atoms with Gasteiger partial charge in [0, 0.05) is 38.1 Å². The quantitative estimate of drug-likeness (QED) is 0.123. The number of fused-ring (bicyclic) bond motifs is 4. The van der Waals surface area contributed by atoms with Crippen molar-refractivity contribution in [3.8, 4) is 39.5 Å². The average molecular weight is 949 g/mol. The summed E-state index contributed by atoms with van der Waals surface area (Å²) in [7, 11) is -1.50. The van der Waals surface area contributed by atoms with Crippen LogP contribution in [0, 0.1) is 23.8 Å². The van der Waals surface area contributed by atoms with Crippen molar-refractivity contribution >= 4 is 55.8 Å². The zero-order valence-electron chi connectivity index (χ0n) is 32.6. The molecule has 56 heavy (non-hydrogen) atoms. The number of hydrogen-bond acceptors (Lipinski definition) is 3. The number of aromatic nitrogens is 3. The SMILES string of the molecule is Fc1cccc(F)c1-c1ccc2c(c1)sc1c(-c3nc4ccccc4n3-c3ccccc3)[c-]ccc12.[2H]C(C)(C)c1cc(-c2[c-]cccc2)ncc1[Si](C)(C)C.[Ir]. The number of nitrogens with zero attached hydrogens (tertiary/aromatic N) is 3. The standard InChI is InChI=1S/C31H17F2N2S.C17H22NSi.Ir/c32-24-12-7-13-25(33)29(24)19-16-17-21-22-10-6-11-23(30(22)36-28(21)18-19)31-34-26-14-4-5-15-27(26)35(31)20-8-2-1-3-9-20;1-13(2)15-11-16(14-9-7-6-8-10-14)18-12-17(15)19(3,4)5;/h1-10,12-18H;6-9,11-13H,1-5H3;/q2*-1;/i;13D;. The van der Waals surface area contributed by atoms with Crippen LogP contribution in [0.3, 0.4) is 0 Å². The van der Waals surface area contributed by atoms with Gasteiger partial charge in [0.05, 0.1) is 30.5 Å². The summed E-state index contributed by atoms with van der Waals surface area (Å²) in [6.07, 6.45) is 1.98. The Morgan fingerprint density at radius 1 is 0.768 bits per heavy atom. The van der Waals surface area contributed by atoms with Crippen molar-refractivity contribution in [2.24, 2.45) is 0 Å². The van der Waals surface area contributed by atoms with E-state index >= 15 is 0 Å². The summed E-state index contributed by atoms with van der Waals surface area (Å²) in [6, 6.07) is 48.3. The minimum absolute atomic E-state index is 0. The third-order valence-corrected chi connectivity index (χ3v) is 12.9. The number of hydrogen-bond donors (Lipinski definition) is 0. The molecule has 0 amide bonds. The van der Waals surface area contributed by atoms with Gasteiger partial charge in [0.15, 0.2) is 0 Å². The first-order chi connectivity index (χ1) is 26.9. The molecule has 0 aliphatic heterocycles. The molecule has 0 saturated carbocycles. The van der Waals surface area contributed by atoms with Gasteiger partial charge in [-0.3, -0.25) is 4.98 Å². The molecule has 0 aliphatic rings. The van der Waals surface area contributed by atoms with E-state index in [1.807, 2.05) is 105 Å². The molecule has 1 radical (unpaired) electrons. The van der Waals surface area contributed by atoms with E-state index in [9.17, 15) is 8.78 Å². The zero-order valence-corrected chi connectivity index (χ0v) is 35.8. The van der Waals surface area contributed by atoms with Crippen LogP contribution in [-0.2, 0) is 20.1 Å². The van der Waals surface area contributed by atoms with Gasteiger partial charge >= 0.3 is 0 Å². The minimum atomic E-state index is -1.50. The topological polar surface area (TPSA) is 30.7 Å². The molecule has 0 fully saturated rings. The first kappa shape index (κ1) is 37.8. The Morgan fingerprint density at radius 2 is 1.50 bits per heavy atom. The molecule has 0 saturated heterocycles. The van der Waals surface area contributed by atoms with E-state index in [0.717, 1.165) is 65.1 Å². The van der Waals surface area contributed by atoms with E-state index in [0.29, 0.717) is 5.56 Å². The van der Waals surface area contributed by atoms with E-state index in [2.05, 4.69) is 65.6 Å². The molecule has 0 bridgehead atoms. The normalized spacial score (nSPS) is 11.9. The van der Waals surface area contributed by atoms with Crippen LogP contribution in [0.1, 0.15) is 26.7 Å². The summed E-state index contributed by atoms with van der Waals surface area (Å²) >= 11 is 1.59. The largest absolute Gasteiger partial charge is 0.333 e. The molecular formula is C48H39F2IrN3SSi-2. The Hall–Kier alpha value is -5.11. The van der Waals surface area contributed by atoms with E-state index in [4.69, 9.17) is 6.35 Å². The Balaban J connectivity index is 0.000000202. The maximum Gasteiger partial charge on any atom is 0.133 e. The fraction of sp³-hybridized carbons (Fsp3) is 0.125. The first-order valence-corrected chi connectivity index (χ1v) is 22.5. The first-order valence-electron chi connectivity index (χ1n) is 18.7. The van der Waals surface area contributed by atoms with Crippen LogP contribution in [0.5, 0.6) is 0 Å². The summed E-state index contributed by atoms with van der Waals surface area (Å²) in [4.78, 5) is 9.62. The fourth-order valence-electron chi connectivity index (χ4n) is 7.04. The van der Waals surface area contributed by atoms with Crippen molar-refractivity contribution in [3.63, 3.8) is 0 Å². The molecule has 8 heteroatoms. The van der Waals surface area contributed by atoms with Gasteiger partial charge in [-0.05, 0) is 74.9 Å². The van der Waals surface area contributed by atoms with E-state index < -0.39 is 25.6 Å². The van der Waals surface area contributed by atoms with E-state index in [1.165, 1.54) is 23.4 Å². The van der Waals surface area contributed by atoms with Gasteiger partial charge in [-0.15, -0.1) is 54.1 Å². The van der Waals surface area contributed by atoms with Crippen molar-refractivity contribution in [1.29, 1.82) is 0 Å². The number of benzene rings is 6. The Labute approximate surface area is 346 Å². The summed E-state index contributed by atoms with van der Waals surface area (Å²) < 4.78 is 41.5. The molecule has 0 unspecified atom stereocenters. The molecule has 0 aliphatic carbocycles. The van der Waals surface area contributed by atoms with Crippen molar-refractivity contribution in [3.05, 3.63) is 169 Å². The molecule has 0 spiro atoms. The number of para-hydroxylation sites is 3. The van der Waals surface area contributed by atoms with Gasteiger partial charge < -0.3 is 9.55 Å². The Bertz CT molecular complexity index is 2840. The second-order valence-corrected chi connectivity index (χ2v) is 20.8. The molecule has 281 valence electrons. The molecule has 3 nitrogen and oxygen atoms in total. The maximum absolute atomic E-state index is 14.5. The number of halogens is 2. The molecule has 0 atom stereocenters. The predicted octanol–water partition coefficient (Wildman–Crippen LogP) is 13.0. The number of thiophene rings is 1. The van der Waals surface area contributed by atoms with Gasteiger partial charge in [0.25, 0.3) is 0 Å². The Morgan fingerprint density at radius 3 is 2.21 bits per heavy atom. The van der Waals surface area contributed by atoms with Gasteiger partial charge in [0.1, 0.15) is 11.6 Å². The second-order valence-electron chi connectivity index (χ2n) is 14.7. The fourth-order valence-corrected chi connectivity index (χ4v) is 9.85. The summed E-state index contributed by atoms with van der Waals surface area (Å²) in [5.74, 6) is -0.940. The second kappa shape index (κ2) is 16.2. The van der Waals surface area contributed by atoms with E-state index in [1.54, 1.807) is 17.4 Å². The molecule has 3 heterocycles. The van der Waals surface area contributed by atoms with Gasteiger partial charge in [-0.1, -0.05) is 105 Å². The maximum atomic E-state index is 14.5. The van der Waals surface area contributed by atoms with Gasteiger partial charge in [0.2, 0.25) is 0 Å². The van der Waals surface area contributed by atoms with Crippen LogP contribution in [0.4, 0.5) is 8.78 Å². The van der Waals surface area contributed by atoms with Crippen LogP contribution in [-0.4, -0.2) is 22.6 Å². The number of pyridine rings is 1. The summed E-state index contributed by atoms with van der Waals surface area (Å²) in [6.45, 7) is 10.8. The van der Waals surface area contributed by atoms with Gasteiger partial charge in [-0.25, -0.2) is 8.78 Å². The third-order valence-electron chi connectivity index (χ3n) is 9.72. The van der Waals surface area contributed by atoms with Crippen LogP contribution < -0.4 is 5.19 Å². The molecule has 9 aromatic rings. The summed E-state index contributed by atoms with van der Waals surface area (Å²) in [5, 5.41) is 3.38. The molecule has 9 rings (SSSR count). The molecule has 0 N–H and O–H groups in total. The number of rotatable bonds is 6. The molecular weight excluding hydrogens is 909 g/mol. The van der Waals surface area contributed by atoms with Crippen LogP contribution >= 0.6 is 11.3 Å².